The molecule has 58 heavy (non-hydrogen) atoms. The fraction of sp³-hybridized carbons (Fsp3) is 0.0741. The number of hydrogen-bond donors (Lipinski definition) is 0. The number of carbonyl (C=O) groups is 2. The Morgan fingerprint density at radius 3 is 1.43 bits per heavy atom. The van der Waals surface area contributed by atoms with E-state index >= 15 is 4.79 Å². The van der Waals surface area contributed by atoms with Gasteiger partial charge in [0.1, 0.15) is 0 Å². The number of aryl methyl sites for hydroxylation is 4. The van der Waals surface area contributed by atoms with Crippen molar-refractivity contribution in [2.75, 3.05) is 4.90 Å². The van der Waals surface area contributed by atoms with Gasteiger partial charge in [0.15, 0.2) is 0 Å². The Kier molecular flexibility index (Phi) is 8.31. The highest BCUT2D eigenvalue weighted by atomic mass is 16.2. The molecule has 4 nitrogen and oxygen atoms in total. The van der Waals surface area contributed by atoms with Gasteiger partial charge in [-0.25, -0.2) is 4.90 Å². The first-order chi connectivity index (χ1) is 28.3. The van der Waals surface area contributed by atoms with Crippen molar-refractivity contribution in [2.24, 2.45) is 0 Å². The fourth-order valence-electron chi connectivity index (χ4n) is 9.05. The van der Waals surface area contributed by atoms with Gasteiger partial charge >= 0.3 is 0 Å². The van der Waals surface area contributed by atoms with Gasteiger partial charge in [0.25, 0.3) is 11.8 Å². The van der Waals surface area contributed by atoms with Crippen LogP contribution in [0.4, 0.5) is 5.69 Å². The minimum absolute atomic E-state index is 0.336. The molecule has 8 aromatic carbocycles. The highest BCUT2D eigenvalue weighted by molar-refractivity contribution is 6.37. The maximum Gasteiger partial charge on any atom is 0.268 e. The van der Waals surface area contributed by atoms with E-state index in [9.17, 15) is 4.79 Å². The van der Waals surface area contributed by atoms with Crippen LogP contribution < -0.4 is 4.90 Å². The second kappa shape index (κ2) is 13.7. The first-order valence-electron chi connectivity index (χ1n) is 19.8. The molecular weight excluding hydrogens is 709 g/mol. The lowest BCUT2D eigenvalue weighted by Gasteiger charge is -2.22. The number of benzene rings is 8. The average molecular weight is 749 g/mol. The van der Waals surface area contributed by atoms with Gasteiger partial charge in [-0.2, -0.15) is 0 Å². The zero-order valence-electron chi connectivity index (χ0n) is 32.9. The SMILES string of the molecule is Cc1ccc(-c2ccc3c4ccc(-c5ccc(C)cc5C)cc4n(-c4cccc5c4C(=O)N(c4cccc(-c6ccccc6)c4-c4ccccc4)C5=O)c3c2)c(C)c1. The van der Waals surface area contributed by atoms with Crippen molar-refractivity contribution in [3.8, 4) is 50.2 Å². The van der Waals surface area contributed by atoms with E-state index in [4.69, 9.17) is 0 Å². The smallest absolute Gasteiger partial charge is 0.268 e. The third-order valence-electron chi connectivity index (χ3n) is 11.7. The van der Waals surface area contributed by atoms with Crippen molar-refractivity contribution in [3.63, 3.8) is 0 Å². The molecule has 0 bridgehead atoms. The molecule has 0 atom stereocenters. The molecule has 4 heteroatoms. The topological polar surface area (TPSA) is 42.3 Å². The average Bonchev–Trinajstić information content (AvgIpc) is 3.70. The molecule has 0 N–H and O–H groups in total. The Labute approximate surface area is 338 Å². The molecule has 10 rings (SSSR count). The number of amides is 2. The van der Waals surface area contributed by atoms with E-state index in [2.05, 4.69) is 123 Å². The van der Waals surface area contributed by atoms with Crippen molar-refractivity contribution in [1.82, 2.24) is 4.57 Å². The first-order valence-corrected chi connectivity index (χ1v) is 19.8. The number of nitrogens with zero attached hydrogens (tertiary/aromatic N) is 2. The van der Waals surface area contributed by atoms with Crippen LogP contribution in [0.5, 0.6) is 0 Å². The van der Waals surface area contributed by atoms with E-state index in [0.717, 1.165) is 66.3 Å². The van der Waals surface area contributed by atoms with Crippen molar-refractivity contribution in [3.05, 3.63) is 203 Å². The molecule has 1 aromatic heterocycles. The number of aromatic nitrogens is 1. The van der Waals surface area contributed by atoms with Crippen LogP contribution in [0.25, 0.3) is 72.0 Å². The molecule has 0 spiro atoms. The summed E-state index contributed by atoms with van der Waals surface area (Å²) < 4.78 is 2.21. The lowest BCUT2D eigenvalue weighted by molar-refractivity contribution is 0.0926. The zero-order chi connectivity index (χ0) is 39.7. The molecule has 278 valence electrons. The van der Waals surface area contributed by atoms with E-state index in [0.29, 0.717) is 22.5 Å². The number of imide groups is 1. The molecule has 9 aromatic rings. The van der Waals surface area contributed by atoms with Crippen molar-refractivity contribution in [1.29, 1.82) is 0 Å². The molecule has 1 aliphatic rings. The van der Waals surface area contributed by atoms with Crippen LogP contribution in [-0.4, -0.2) is 16.4 Å². The highest BCUT2D eigenvalue weighted by Crippen LogP contribution is 2.45. The van der Waals surface area contributed by atoms with Gasteiger partial charge in [-0.1, -0.05) is 151 Å². The van der Waals surface area contributed by atoms with Crippen LogP contribution in [0, 0.1) is 27.7 Å². The summed E-state index contributed by atoms with van der Waals surface area (Å²) in [6, 6.07) is 58.1. The molecule has 1 aliphatic heterocycles. The summed E-state index contributed by atoms with van der Waals surface area (Å²) in [5, 5.41) is 2.15. The Morgan fingerprint density at radius 1 is 0.362 bits per heavy atom. The van der Waals surface area contributed by atoms with Crippen LogP contribution in [0.1, 0.15) is 43.0 Å². The molecule has 2 amide bonds. The number of hydrogen-bond acceptors (Lipinski definition) is 2. The van der Waals surface area contributed by atoms with Crippen molar-refractivity contribution in [2.45, 2.75) is 27.7 Å². The van der Waals surface area contributed by atoms with Gasteiger partial charge in [0.05, 0.1) is 33.5 Å². The number of rotatable bonds is 6. The van der Waals surface area contributed by atoms with Crippen LogP contribution in [0.3, 0.4) is 0 Å². The summed E-state index contributed by atoms with van der Waals surface area (Å²) in [5.41, 5.74) is 17.0. The van der Waals surface area contributed by atoms with E-state index < -0.39 is 0 Å². The van der Waals surface area contributed by atoms with Gasteiger partial charge in [-0.05, 0) is 108 Å². The van der Waals surface area contributed by atoms with Crippen LogP contribution in [-0.2, 0) is 0 Å². The summed E-state index contributed by atoms with van der Waals surface area (Å²) in [4.78, 5) is 31.4. The van der Waals surface area contributed by atoms with Gasteiger partial charge in [0, 0.05) is 16.3 Å². The third kappa shape index (κ3) is 5.60. The van der Waals surface area contributed by atoms with E-state index in [1.54, 1.807) is 6.07 Å². The summed E-state index contributed by atoms with van der Waals surface area (Å²) in [7, 11) is 0. The predicted molar refractivity (Wildman–Crippen MR) is 239 cm³/mol. The molecule has 0 saturated heterocycles. The van der Waals surface area contributed by atoms with Crippen LogP contribution >= 0.6 is 0 Å². The Hall–Kier alpha value is -7.30. The van der Waals surface area contributed by atoms with Crippen LogP contribution in [0.15, 0.2) is 170 Å². The van der Waals surface area contributed by atoms with Gasteiger partial charge in [0.2, 0.25) is 0 Å². The van der Waals surface area contributed by atoms with E-state index in [1.807, 2.05) is 72.8 Å². The number of anilines is 1. The lowest BCUT2D eigenvalue weighted by Crippen LogP contribution is -2.30. The van der Waals surface area contributed by atoms with Gasteiger partial charge in [-0.3, -0.25) is 9.59 Å². The first kappa shape index (κ1) is 35.1. The normalized spacial score (nSPS) is 12.5. The summed E-state index contributed by atoms with van der Waals surface area (Å²) in [6.07, 6.45) is 0. The van der Waals surface area contributed by atoms with Gasteiger partial charge in [-0.15, -0.1) is 0 Å². The fourth-order valence-corrected chi connectivity index (χ4v) is 9.05. The lowest BCUT2D eigenvalue weighted by atomic mass is 9.92. The highest BCUT2D eigenvalue weighted by Gasteiger charge is 2.41. The molecule has 0 saturated carbocycles. The third-order valence-corrected chi connectivity index (χ3v) is 11.7. The quantitative estimate of drug-likeness (QED) is 0.159. The minimum atomic E-state index is -0.343. The summed E-state index contributed by atoms with van der Waals surface area (Å²) >= 11 is 0. The number of fused-ring (bicyclic) bond motifs is 4. The summed E-state index contributed by atoms with van der Waals surface area (Å²) in [5.74, 6) is -0.680. The molecule has 2 heterocycles. The Balaban J connectivity index is 1.22. The molecular formula is C54H40N2O2. The molecule has 0 aliphatic carbocycles. The zero-order valence-corrected chi connectivity index (χ0v) is 32.9. The predicted octanol–water partition coefficient (Wildman–Crippen LogP) is 13.5. The molecule has 0 unspecified atom stereocenters. The monoisotopic (exact) mass is 748 g/mol. The largest absolute Gasteiger partial charge is 0.308 e. The minimum Gasteiger partial charge on any atom is -0.308 e. The second-order valence-electron chi connectivity index (χ2n) is 15.5. The maximum absolute atomic E-state index is 15.2. The summed E-state index contributed by atoms with van der Waals surface area (Å²) in [6.45, 7) is 8.53. The van der Waals surface area contributed by atoms with E-state index in [1.165, 1.54) is 27.2 Å². The molecule has 0 radical (unpaired) electrons. The van der Waals surface area contributed by atoms with Crippen LogP contribution in [0.2, 0.25) is 0 Å². The van der Waals surface area contributed by atoms with E-state index in [-0.39, 0.29) is 11.8 Å². The van der Waals surface area contributed by atoms with Crippen molar-refractivity contribution >= 4 is 39.3 Å². The standard InChI is InChI=1S/C54H40N2O2/c1-33-21-25-41(35(3)29-33)39-23-27-44-45-28-24-40(42-26-22-34(2)30-36(42)4)32-50(45)55(49(44)31-39)48-20-12-18-46-52(48)54(58)56(53(46)57)47-19-11-17-43(37-13-7-5-8-14-37)51(47)38-15-9-6-10-16-38/h5-32H,1-4H3. The molecule has 0 fully saturated rings. The second-order valence-corrected chi connectivity index (χ2v) is 15.5. The number of carbonyl (C=O) groups excluding carboxylic acids is 2. The van der Waals surface area contributed by atoms with Gasteiger partial charge < -0.3 is 4.57 Å². The Bertz CT molecular complexity index is 3030. The Morgan fingerprint density at radius 2 is 0.879 bits per heavy atom. The van der Waals surface area contributed by atoms with Crippen molar-refractivity contribution < 1.29 is 9.59 Å². The maximum atomic E-state index is 15.2.